The predicted molar refractivity (Wildman–Crippen MR) is 70.9 cm³/mol. The van der Waals surface area contributed by atoms with Gasteiger partial charge in [0.15, 0.2) is 5.82 Å². The Morgan fingerprint density at radius 3 is 2.83 bits per heavy atom. The van der Waals surface area contributed by atoms with E-state index < -0.39 is 0 Å². The van der Waals surface area contributed by atoms with Crippen LogP contribution in [-0.2, 0) is 6.42 Å². The van der Waals surface area contributed by atoms with Gasteiger partial charge in [-0.1, -0.05) is 0 Å². The van der Waals surface area contributed by atoms with Crippen LogP contribution in [0, 0.1) is 13.8 Å². The Labute approximate surface area is 107 Å². The van der Waals surface area contributed by atoms with Crippen molar-refractivity contribution in [2.75, 3.05) is 13.6 Å². The van der Waals surface area contributed by atoms with Crippen molar-refractivity contribution < 1.29 is 0 Å². The lowest BCUT2D eigenvalue weighted by molar-refractivity contribution is 0.720. The first-order valence-corrected chi connectivity index (χ1v) is 6.22. The van der Waals surface area contributed by atoms with E-state index in [0.717, 1.165) is 36.6 Å². The zero-order chi connectivity index (χ0) is 13.0. The zero-order valence-electron chi connectivity index (χ0n) is 11.1. The lowest BCUT2D eigenvalue weighted by atomic mass is 10.1. The monoisotopic (exact) mass is 245 g/mol. The average molecular weight is 245 g/mol. The summed E-state index contributed by atoms with van der Waals surface area (Å²) in [4.78, 5) is 0. The number of hydrogen-bond donors (Lipinski definition) is 1. The van der Waals surface area contributed by atoms with Crippen molar-refractivity contribution in [2.24, 2.45) is 0 Å². The van der Waals surface area contributed by atoms with Gasteiger partial charge in [-0.3, -0.25) is 0 Å². The molecule has 0 aromatic carbocycles. The van der Waals surface area contributed by atoms with Crippen molar-refractivity contribution in [1.82, 2.24) is 25.3 Å². The van der Waals surface area contributed by atoms with Crippen molar-refractivity contribution >= 4 is 0 Å². The second-order valence-corrected chi connectivity index (χ2v) is 4.35. The third-order valence-corrected chi connectivity index (χ3v) is 3.07. The van der Waals surface area contributed by atoms with Crippen LogP contribution in [0.5, 0.6) is 0 Å². The molecule has 5 heteroatoms. The van der Waals surface area contributed by atoms with E-state index in [9.17, 15) is 0 Å². The quantitative estimate of drug-likeness (QED) is 0.810. The highest BCUT2D eigenvalue weighted by molar-refractivity contribution is 5.31. The van der Waals surface area contributed by atoms with Crippen LogP contribution in [0.15, 0.2) is 18.3 Å². The van der Waals surface area contributed by atoms with Gasteiger partial charge in [-0.25, -0.2) is 4.68 Å². The predicted octanol–water partition coefficient (Wildman–Crippen LogP) is 1.43. The highest BCUT2D eigenvalue weighted by Crippen LogP contribution is 2.17. The standard InChI is InChI=1S/C13H19N5/c1-10-12(6-4-8-14-3)11(2)18(17-10)13-7-5-9-15-16-13/h5,7,9,14H,4,6,8H2,1-3H3. The van der Waals surface area contributed by atoms with Gasteiger partial charge in [-0.2, -0.15) is 10.2 Å². The SMILES string of the molecule is CNCCCc1c(C)nn(-c2cccnn2)c1C. The van der Waals surface area contributed by atoms with Crippen LogP contribution in [0.4, 0.5) is 0 Å². The molecule has 0 radical (unpaired) electrons. The molecule has 5 nitrogen and oxygen atoms in total. The first-order chi connectivity index (χ1) is 8.74. The van der Waals surface area contributed by atoms with E-state index in [4.69, 9.17) is 0 Å². The summed E-state index contributed by atoms with van der Waals surface area (Å²) < 4.78 is 1.87. The van der Waals surface area contributed by atoms with Gasteiger partial charge < -0.3 is 5.32 Å². The molecule has 2 aromatic heterocycles. The summed E-state index contributed by atoms with van der Waals surface area (Å²) in [5.41, 5.74) is 3.55. The molecule has 2 heterocycles. The Kier molecular flexibility index (Phi) is 4.04. The van der Waals surface area contributed by atoms with Gasteiger partial charge in [0, 0.05) is 11.9 Å². The summed E-state index contributed by atoms with van der Waals surface area (Å²) in [6.07, 6.45) is 3.83. The van der Waals surface area contributed by atoms with E-state index in [-0.39, 0.29) is 0 Å². The first-order valence-electron chi connectivity index (χ1n) is 6.22. The fourth-order valence-electron chi connectivity index (χ4n) is 2.11. The third kappa shape index (κ3) is 2.56. The molecule has 1 N–H and O–H groups in total. The maximum atomic E-state index is 4.55. The molecule has 18 heavy (non-hydrogen) atoms. The Hall–Kier alpha value is -1.75. The van der Waals surface area contributed by atoms with Crippen LogP contribution >= 0.6 is 0 Å². The Bertz CT molecular complexity index is 504. The van der Waals surface area contributed by atoms with Crippen LogP contribution in [0.25, 0.3) is 5.82 Å². The van der Waals surface area contributed by atoms with Crippen molar-refractivity contribution in [2.45, 2.75) is 26.7 Å². The molecule has 0 aliphatic heterocycles. The van der Waals surface area contributed by atoms with Crippen molar-refractivity contribution in [1.29, 1.82) is 0 Å². The summed E-state index contributed by atoms with van der Waals surface area (Å²) in [7, 11) is 1.97. The van der Waals surface area contributed by atoms with E-state index in [2.05, 4.69) is 34.5 Å². The molecule has 0 fully saturated rings. The fourth-order valence-corrected chi connectivity index (χ4v) is 2.11. The molecule has 96 valence electrons. The Morgan fingerprint density at radius 1 is 1.33 bits per heavy atom. The maximum absolute atomic E-state index is 4.55. The van der Waals surface area contributed by atoms with Gasteiger partial charge in [0.25, 0.3) is 0 Å². The maximum Gasteiger partial charge on any atom is 0.175 e. The summed E-state index contributed by atoms with van der Waals surface area (Å²) in [6, 6.07) is 3.79. The van der Waals surface area contributed by atoms with Gasteiger partial charge in [0.05, 0.1) is 5.69 Å². The topological polar surface area (TPSA) is 55.6 Å². The second-order valence-electron chi connectivity index (χ2n) is 4.35. The number of aromatic nitrogens is 4. The minimum atomic E-state index is 0.776. The molecular formula is C13H19N5. The smallest absolute Gasteiger partial charge is 0.175 e. The van der Waals surface area contributed by atoms with E-state index in [1.165, 1.54) is 5.56 Å². The molecular weight excluding hydrogens is 226 g/mol. The van der Waals surface area contributed by atoms with Crippen LogP contribution in [0.1, 0.15) is 23.4 Å². The number of rotatable bonds is 5. The number of nitrogens with zero attached hydrogens (tertiary/aromatic N) is 4. The minimum Gasteiger partial charge on any atom is -0.320 e. The van der Waals surface area contributed by atoms with Gasteiger partial charge in [-0.05, 0) is 58.0 Å². The highest BCUT2D eigenvalue weighted by atomic mass is 15.3. The molecule has 0 bridgehead atoms. The lowest BCUT2D eigenvalue weighted by Crippen LogP contribution is -2.09. The summed E-state index contributed by atoms with van der Waals surface area (Å²) in [5, 5.41) is 15.7. The van der Waals surface area contributed by atoms with Crippen LogP contribution in [0.2, 0.25) is 0 Å². The summed E-state index contributed by atoms with van der Waals surface area (Å²) in [6.45, 7) is 5.16. The molecule has 0 unspecified atom stereocenters. The molecule has 0 aliphatic rings. The van der Waals surface area contributed by atoms with Gasteiger partial charge >= 0.3 is 0 Å². The molecule has 2 aromatic rings. The first kappa shape index (κ1) is 12.7. The van der Waals surface area contributed by atoms with Crippen LogP contribution in [-0.4, -0.2) is 33.6 Å². The fraction of sp³-hybridized carbons (Fsp3) is 0.462. The Balaban J connectivity index is 2.26. The number of aryl methyl sites for hydroxylation is 1. The highest BCUT2D eigenvalue weighted by Gasteiger charge is 2.12. The molecule has 2 rings (SSSR count). The molecule has 0 saturated carbocycles. The van der Waals surface area contributed by atoms with Crippen molar-refractivity contribution in [3.63, 3.8) is 0 Å². The molecule has 0 aliphatic carbocycles. The minimum absolute atomic E-state index is 0.776. The summed E-state index contributed by atoms with van der Waals surface area (Å²) >= 11 is 0. The normalized spacial score (nSPS) is 10.8. The molecule has 0 saturated heterocycles. The van der Waals surface area contributed by atoms with E-state index in [1.54, 1.807) is 6.20 Å². The molecule has 0 atom stereocenters. The number of nitrogens with one attached hydrogen (secondary N) is 1. The number of hydrogen-bond acceptors (Lipinski definition) is 4. The van der Waals surface area contributed by atoms with Crippen LogP contribution in [0.3, 0.4) is 0 Å². The van der Waals surface area contributed by atoms with E-state index in [0.29, 0.717) is 0 Å². The Morgan fingerprint density at radius 2 is 2.17 bits per heavy atom. The lowest BCUT2D eigenvalue weighted by Gasteiger charge is -2.03. The zero-order valence-corrected chi connectivity index (χ0v) is 11.1. The average Bonchev–Trinajstić information content (AvgIpc) is 2.68. The van der Waals surface area contributed by atoms with Crippen molar-refractivity contribution in [3.05, 3.63) is 35.3 Å². The van der Waals surface area contributed by atoms with Crippen molar-refractivity contribution in [3.8, 4) is 5.82 Å². The van der Waals surface area contributed by atoms with E-state index >= 15 is 0 Å². The third-order valence-electron chi connectivity index (χ3n) is 3.07. The summed E-state index contributed by atoms with van der Waals surface area (Å²) in [5.74, 6) is 0.776. The second kappa shape index (κ2) is 5.73. The van der Waals surface area contributed by atoms with Gasteiger partial charge in [-0.15, -0.1) is 5.10 Å². The van der Waals surface area contributed by atoms with E-state index in [1.807, 2.05) is 23.9 Å². The van der Waals surface area contributed by atoms with Gasteiger partial charge in [0.2, 0.25) is 0 Å². The van der Waals surface area contributed by atoms with Crippen LogP contribution < -0.4 is 5.32 Å². The van der Waals surface area contributed by atoms with Gasteiger partial charge in [0.1, 0.15) is 0 Å². The molecule has 0 amide bonds. The largest absolute Gasteiger partial charge is 0.320 e. The molecule has 0 spiro atoms.